The van der Waals surface area contributed by atoms with Crippen molar-refractivity contribution in [2.45, 2.75) is 4.90 Å². The molecule has 0 saturated carbocycles. The second-order valence-corrected chi connectivity index (χ2v) is 7.65. The Hall–Kier alpha value is -4.56. The largest absolute Gasteiger partial charge is 0.870 e. The van der Waals surface area contributed by atoms with Crippen molar-refractivity contribution >= 4 is 44.5 Å². The van der Waals surface area contributed by atoms with Gasteiger partial charge in [-0.05, 0) is 48.5 Å². The lowest BCUT2D eigenvalue weighted by Gasteiger charge is -2.13. The number of hydrogen-bond donors (Lipinski definition) is 1. The van der Waals surface area contributed by atoms with Crippen molar-refractivity contribution in [2.24, 2.45) is 20.5 Å². The monoisotopic (exact) mass is 469 g/mol. The highest BCUT2D eigenvalue weighted by atomic mass is 32.2. The van der Waals surface area contributed by atoms with Crippen molar-refractivity contribution in [3.63, 3.8) is 0 Å². The van der Waals surface area contributed by atoms with Gasteiger partial charge in [0.25, 0.3) is 5.69 Å². The summed E-state index contributed by atoms with van der Waals surface area (Å²) in [7, 11) is -4.63. The fraction of sp³-hybridized carbons (Fsp3) is 0. The number of nitrogens with zero attached hydrogens (tertiary/aromatic N) is 5. The molecule has 0 heterocycles. The molecule has 3 rings (SSSR count). The molecule has 0 aliphatic rings. The molecule has 3 aromatic carbocycles. The lowest BCUT2D eigenvalue weighted by Crippen LogP contribution is -2.03. The van der Waals surface area contributed by atoms with Crippen LogP contribution in [0.4, 0.5) is 28.4 Å². The van der Waals surface area contributed by atoms with Gasteiger partial charge >= 0.3 is 5.97 Å². The van der Waals surface area contributed by atoms with Crippen LogP contribution in [0, 0.1) is 10.1 Å². The Morgan fingerprint density at radius 2 is 1.36 bits per heavy atom. The summed E-state index contributed by atoms with van der Waals surface area (Å²) < 4.78 is 32.9. The molecule has 33 heavy (non-hydrogen) atoms. The Balaban J connectivity index is 1.92. The third-order valence-electron chi connectivity index (χ3n) is 4.02. The Morgan fingerprint density at radius 1 is 0.848 bits per heavy atom. The van der Waals surface area contributed by atoms with Crippen LogP contribution in [0.25, 0.3) is 0 Å². The lowest BCUT2D eigenvalue weighted by molar-refractivity contribution is -0.384. The van der Waals surface area contributed by atoms with Crippen LogP contribution in [0.3, 0.4) is 0 Å². The summed E-state index contributed by atoms with van der Waals surface area (Å²) in [6.07, 6.45) is 0. The minimum Gasteiger partial charge on any atom is -0.870 e. The summed E-state index contributed by atoms with van der Waals surface area (Å²) in [6.45, 7) is 0. The third-order valence-corrected chi connectivity index (χ3v) is 4.87. The standard InChI is InChI=1S/C19H13N5O8S/c25-18-16(19(26)27)9-13(22-20-12-3-7-15(8-4-12)33(30,31)32)10-17(18)23-21-11-1-5-14(6-2-11)24(28)29/h1-10,25H,(H,26,27)(H,30,31,32)/p-2. The zero-order chi connectivity index (χ0) is 24.2. The van der Waals surface area contributed by atoms with Crippen LogP contribution in [0.15, 0.2) is 86.0 Å². The van der Waals surface area contributed by atoms with E-state index in [0.29, 0.717) is 0 Å². The first kappa shape index (κ1) is 23.1. The third kappa shape index (κ3) is 5.78. The smallest absolute Gasteiger partial charge is 0.335 e. The molecule has 13 nitrogen and oxygen atoms in total. The minimum atomic E-state index is -4.63. The molecule has 1 N–H and O–H groups in total. The summed E-state index contributed by atoms with van der Waals surface area (Å²) >= 11 is 0. The Labute approximate surface area is 185 Å². The first-order chi connectivity index (χ1) is 15.5. The van der Waals surface area contributed by atoms with Gasteiger partial charge in [-0.25, -0.2) is 13.2 Å². The molecule has 0 aliphatic carbocycles. The van der Waals surface area contributed by atoms with Gasteiger partial charge in [-0.1, -0.05) is 5.75 Å². The first-order valence-corrected chi connectivity index (χ1v) is 10.2. The van der Waals surface area contributed by atoms with Crippen molar-refractivity contribution < 1.29 is 32.9 Å². The average molecular weight is 469 g/mol. The van der Waals surface area contributed by atoms with Crippen LogP contribution >= 0.6 is 0 Å². The fourth-order valence-electron chi connectivity index (χ4n) is 2.44. The number of nitro groups is 1. The summed E-state index contributed by atoms with van der Waals surface area (Å²) in [5.74, 6) is -2.47. The fourth-order valence-corrected chi connectivity index (χ4v) is 2.91. The molecule has 14 heteroatoms. The minimum absolute atomic E-state index is 0.0647. The van der Waals surface area contributed by atoms with Gasteiger partial charge in [-0.2, -0.15) is 20.5 Å². The molecule has 0 radical (unpaired) electrons. The molecule has 0 aliphatic heterocycles. The van der Waals surface area contributed by atoms with Gasteiger partial charge in [0.1, 0.15) is 10.1 Å². The Bertz CT molecular complexity index is 1380. The van der Waals surface area contributed by atoms with Gasteiger partial charge in [0.2, 0.25) is 0 Å². The predicted octanol–water partition coefficient (Wildman–Crippen LogP) is 4.10. The SMILES string of the molecule is O=C(O)c1cc(N=Nc2ccc(S(=O)(=O)[O-])cc2)cc(N=Nc2ccc([N+](=O)[O-])cc2)c1[O-]. The highest BCUT2D eigenvalue weighted by Gasteiger charge is 2.11. The van der Waals surface area contributed by atoms with Crippen LogP contribution in [-0.4, -0.2) is 29.0 Å². The van der Waals surface area contributed by atoms with E-state index in [0.717, 1.165) is 24.3 Å². The molecular formula is C19H11N5O8S-2. The number of carboxylic acid groups (broad SMARTS) is 1. The van der Waals surface area contributed by atoms with E-state index in [1.165, 1.54) is 36.4 Å². The van der Waals surface area contributed by atoms with E-state index in [1.807, 2.05) is 0 Å². The van der Waals surface area contributed by atoms with E-state index >= 15 is 0 Å². The number of nitro benzene ring substituents is 1. The number of carboxylic acids is 1. The number of rotatable bonds is 7. The summed E-state index contributed by atoms with van der Waals surface area (Å²) in [4.78, 5) is 21.0. The topological polar surface area (TPSA) is 210 Å². The maximum absolute atomic E-state index is 12.4. The second kappa shape index (κ2) is 9.29. The van der Waals surface area contributed by atoms with Crippen LogP contribution in [0.5, 0.6) is 5.75 Å². The molecule has 0 saturated heterocycles. The van der Waals surface area contributed by atoms with Gasteiger partial charge < -0.3 is 14.8 Å². The summed E-state index contributed by atoms with van der Waals surface area (Å²) in [5, 5.41) is 47.5. The highest BCUT2D eigenvalue weighted by Crippen LogP contribution is 2.35. The second-order valence-electron chi connectivity index (χ2n) is 6.27. The molecule has 0 atom stereocenters. The van der Waals surface area contributed by atoms with Crippen molar-refractivity contribution in [2.75, 3.05) is 0 Å². The van der Waals surface area contributed by atoms with Gasteiger partial charge in [0.15, 0.2) is 0 Å². The molecule has 0 unspecified atom stereocenters. The van der Waals surface area contributed by atoms with Gasteiger partial charge in [0, 0.05) is 12.1 Å². The maximum Gasteiger partial charge on any atom is 0.335 e. The number of carbonyl (C=O) groups is 1. The van der Waals surface area contributed by atoms with Crippen molar-refractivity contribution in [1.29, 1.82) is 0 Å². The normalized spacial score (nSPS) is 11.8. The van der Waals surface area contributed by atoms with Crippen LogP contribution in [0.1, 0.15) is 10.4 Å². The molecule has 0 fully saturated rings. The zero-order valence-electron chi connectivity index (χ0n) is 16.2. The molecule has 0 bridgehead atoms. The van der Waals surface area contributed by atoms with Gasteiger partial charge in [-0.15, -0.1) is 0 Å². The van der Waals surface area contributed by atoms with Crippen molar-refractivity contribution in [1.82, 2.24) is 0 Å². The number of benzene rings is 3. The number of non-ortho nitro benzene ring substituents is 1. The molecule has 0 aromatic heterocycles. The molecule has 3 aromatic rings. The quantitative estimate of drug-likeness (QED) is 0.230. The van der Waals surface area contributed by atoms with Crippen molar-refractivity contribution in [3.05, 3.63) is 76.3 Å². The number of hydrogen-bond acceptors (Lipinski definition) is 11. The van der Waals surface area contributed by atoms with E-state index < -0.39 is 37.2 Å². The Morgan fingerprint density at radius 3 is 1.88 bits per heavy atom. The Kier molecular flexibility index (Phi) is 6.51. The van der Waals surface area contributed by atoms with Crippen molar-refractivity contribution in [3.8, 4) is 5.75 Å². The predicted molar refractivity (Wildman–Crippen MR) is 109 cm³/mol. The maximum atomic E-state index is 12.4. The number of aromatic carboxylic acids is 1. The summed E-state index contributed by atoms with van der Waals surface area (Å²) in [5.41, 5.74) is -0.913. The van der Waals surface area contributed by atoms with E-state index in [2.05, 4.69) is 20.5 Å². The van der Waals surface area contributed by atoms with E-state index in [9.17, 15) is 38.1 Å². The van der Waals surface area contributed by atoms with Crippen LogP contribution in [0.2, 0.25) is 0 Å². The van der Waals surface area contributed by atoms with E-state index in [1.54, 1.807) is 0 Å². The number of azo groups is 2. The van der Waals surface area contributed by atoms with Gasteiger partial charge in [-0.3, -0.25) is 10.1 Å². The molecule has 168 valence electrons. The molecule has 0 spiro atoms. The molecular weight excluding hydrogens is 458 g/mol. The molecule has 0 amide bonds. The van der Waals surface area contributed by atoms with E-state index in [-0.39, 0.29) is 28.4 Å². The average Bonchev–Trinajstić information content (AvgIpc) is 2.77. The van der Waals surface area contributed by atoms with Gasteiger partial charge in [0.05, 0.1) is 38.1 Å². The zero-order valence-corrected chi connectivity index (χ0v) is 17.0. The first-order valence-electron chi connectivity index (χ1n) is 8.77. The van der Waals surface area contributed by atoms with Crippen LogP contribution in [-0.2, 0) is 10.1 Å². The summed E-state index contributed by atoms with van der Waals surface area (Å²) in [6, 6.07) is 11.5. The lowest BCUT2D eigenvalue weighted by atomic mass is 10.1. The van der Waals surface area contributed by atoms with E-state index in [4.69, 9.17) is 0 Å². The van der Waals surface area contributed by atoms with Crippen LogP contribution < -0.4 is 5.11 Å². The highest BCUT2D eigenvalue weighted by molar-refractivity contribution is 7.85.